The Kier molecular flexibility index (Phi) is 37.5. The number of carboxylic acids is 1. The van der Waals surface area contributed by atoms with E-state index in [2.05, 4.69) is 61.7 Å². The summed E-state index contributed by atoms with van der Waals surface area (Å²) >= 11 is 0. The fourth-order valence-electron chi connectivity index (χ4n) is 17.8. The highest BCUT2D eigenvalue weighted by Gasteiger charge is 2.67. The van der Waals surface area contributed by atoms with Gasteiger partial charge in [0.05, 0.1) is 66.9 Å². The van der Waals surface area contributed by atoms with E-state index in [9.17, 15) is 82.8 Å². The zero-order valence-electron chi connectivity index (χ0n) is 80.5. The normalized spacial score (nSPS) is 29.7. The lowest BCUT2D eigenvalue weighted by Crippen LogP contribution is -2.53. The number of likely N-dealkylation sites (tertiary alicyclic amines) is 1. The molecular formula is C94H151N9O25S3. The van der Waals surface area contributed by atoms with Gasteiger partial charge in [-0.2, -0.15) is 0 Å². The molecule has 0 aromatic rings. The van der Waals surface area contributed by atoms with Gasteiger partial charge in [-0.25, -0.2) is 44.4 Å². The van der Waals surface area contributed by atoms with Crippen LogP contribution >= 0.6 is 0 Å². The van der Waals surface area contributed by atoms with Crippen LogP contribution in [0.15, 0.2) is 62.8 Å². The molecule has 6 saturated carbocycles. The average Bonchev–Trinajstić information content (AvgIpc) is 1.57. The van der Waals surface area contributed by atoms with Crippen molar-refractivity contribution in [2.24, 2.45) is 51.8 Å². The fraction of sp³-hybridized carbons (Fsp3) is 0.766. The van der Waals surface area contributed by atoms with Crippen molar-refractivity contribution < 1.29 is 116 Å². The molecule has 131 heavy (non-hydrogen) atoms. The first-order valence-corrected chi connectivity index (χ1v) is 50.9. The van der Waals surface area contributed by atoms with Gasteiger partial charge in [-0.05, 0) is 216 Å². The van der Waals surface area contributed by atoms with Gasteiger partial charge in [0.1, 0.15) is 34.9 Å². The lowest BCUT2D eigenvalue weighted by molar-refractivity contribution is -0.141. The molecule has 8 amide bonds. The highest BCUT2D eigenvalue weighted by Crippen LogP contribution is 2.60. The second-order valence-corrected chi connectivity index (χ2v) is 48.1. The van der Waals surface area contributed by atoms with Gasteiger partial charge in [0.25, 0.3) is 0 Å². The van der Waals surface area contributed by atoms with Gasteiger partial charge < -0.3 is 64.6 Å². The molecule has 3 saturated heterocycles. The fourth-order valence-corrected chi connectivity index (χ4v) is 21.8. The molecule has 4 aliphatic heterocycles. The molecule has 0 spiro atoms. The van der Waals surface area contributed by atoms with E-state index in [1.54, 1.807) is 102 Å². The molecule has 0 aromatic heterocycles. The van der Waals surface area contributed by atoms with Crippen LogP contribution in [0.4, 0.5) is 14.4 Å². The monoisotopic (exact) mass is 1900 g/mol. The van der Waals surface area contributed by atoms with Crippen LogP contribution in [0.2, 0.25) is 0 Å². The number of carbonyl (C=O) groups is 12. The summed E-state index contributed by atoms with van der Waals surface area (Å²) in [6, 6.07) is -4.91. The third kappa shape index (κ3) is 28.8. The molecule has 0 radical (unpaired) electrons. The lowest BCUT2D eigenvalue weighted by Gasteiger charge is -2.31. The summed E-state index contributed by atoms with van der Waals surface area (Å²) in [5, 5.41) is 20.0. The summed E-state index contributed by atoms with van der Waals surface area (Å²) in [6.07, 6.45) is 22.5. The van der Waals surface area contributed by atoms with Crippen LogP contribution < -0.4 is 35.4 Å². The molecule has 10 rings (SSSR count). The first-order valence-electron chi connectivity index (χ1n) is 46.4. The molecule has 37 heteroatoms. The van der Waals surface area contributed by atoms with Crippen LogP contribution in [0, 0.1) is 51.8 Å². The summed E-state index contributed by atoms with van der Waals surface area (Å²) in [5.41, 5.74) is -5.59. The topological polar surface area (TPSA) is 474 Å². The minimum Gasteiger partial charge on any atom is -0.480 e. The third-order valence-corrected chi connectivity index (χ3v) is 34.0. The minimum atomic E-state index is -3.90. The van der Waals surface area contributed by atoms with E-state index in [1.165, 1.54) is 24.0 Å². The van der Waals surface area contributed by atoms with E-state index in [0.717, 1.165) is 64.2 Å². The summed E-state index contributed by atoms with van der Waals surface area (Å²) in [5.74, 6) is -6.13. The maximum atomic E-state index is 14.1. The van der Waals surface area contributed by atoms with Crippen LogP contribution in [-0.2, 0) is 102 Å². The number of aliphatic carboxylic acids is 1. The van der Waals surface area contributed by atoms with Crippen molar-refractivity contribution in [3.8, 4) is 0 Å². The van der Waals surface area contributed by atoms with E-state index in [1.807, 2.05) is 45.1 Å². The van der Waals surface area contributed by atoms with Crippen LogP contribution in [0.5, 0.6) is 0 Å². The number of unbranched alkanes of at least 4 members (excludes halogenated alkanes) is 6. The van der Waals surface area contributed by atoms with Gasteiger partial charge in [-0.3, -0.25) is 52.5 Å². The standard InChI is InChI=1S/C32H51N3O8S.C30H47N3O8S.C18H28N2O5S.C14H25NO4/c1-9-11-12-13-14-15-23(33-29(39)43-30(4,5)6)27(37)35-20-25(42-8)21(3)26(35)24(36)19-32(18-22(32)10-2)28(38)34-44(40,41)31(7)16-17-31;1-19-23(40-6)18-33-24(19)22(34)17-30(26(36)32-42(38,39)29(5)14-15-29)16-20(30)12-10-8-7-9-11-13-21(25(33)35)31-27(37)41-28(2,3)4;1-5-12-8-18(12,16(22)20-26(23,24)17(3)6-7-17)9-13(21)15-11(2)14(25-4)10-19-15;1-5-6-7-8-9-10-11(12(16)17)15-13(18)19-14(2,3)4/h9-10,21-23,25-26H,1-2,11-20H2,3-8H3,(H,33,39)(H,34,38);10,12,19-21,23-24H,7-9,11,13-18H2,1-6H3,(H,31,37)(H,32,36);5,11-12,14-15,19H,1,6-10H2,2-4H3,(H,20,22);5,11H,1,6-10H2,2-4H3,(H,15,18)(H,16,17)/b;12-10-;;/t21?,22-,23+,25+,26+,32-;19?,20-,21+,23+,24+,30-;11?,12-,14+,15+,18-;11-/m1110/s1. The van der Waals surface area contributed by atoms with Crippen LogP contribution in [0.25, 0.3) is 0 Å². The largest absolute Gasteiger partial charge is 0.480 e. The highest BCUT2D eigenvalue weighted by atomic mass is 32.2. The molecule has 8 N–H and O–H groups in total. The Morgan fingerprint density at radius 1 is 0.557 bits per heavy atom. The second kappa shape index (κ2) is 44.7. The minimum absolute atomic E-state index is 0.00245. The number of sulfonamides is 3. The number of alkyl carbamates (subject to hydrolysis) is 3. The van der Waals surface area contributed by atoms with E-state index in [0.29, 0.717) is 90.0 Å². The predicted molar refractivity (Wildman–Crippen MR) is 494 cm³/mol. The number of hydrogen-bond acceptors (Lipinski definition) is 25. The van der Waals surface area contributed by atoms with Crippen molar-refractivity contribution in [3.63, 3.8) is 0 Å². The van der Waals surface area contributed by atoms with E-state index >= 15 is 0 Å². The van der Waals surface area contributed by atoms with Crippen molar-refractivity contribution >= 4 is 101 Å². The quantitative estimate of drug-likeness (QED) is 0.0163. The SMILES string of the molecule is C=CCCCCC[C@H](NC(=O)OC(C)(C)C)C(=O)N1C[C@H](OC)C(C)[C@H]1C(=O)C[C@]1(C(=O)NS(=O)(=O)C2(C)CC2)C[C@H]1C=C.C=CCCCCC[C@H](NC(=O)OC(C)(C)C)C(=O)O.C=C[C@@H]1C[C@]1(CC(=O)[C@H]1NC[C@H](OC)C1C)C(=O)NS(=O)(=O)C1(C)CC1.CO[C@H]1CN2C(=O)[C@@H](NC(=O)OC(C)(C)C)CCCCC/C=C\[C@@H]3C[C@@]3(C(=O)NS(=O)(=O)C3(C)CC3)CC(=O)[C@@H]2C1C. The van der Waals surface area contributed by atoms with E-state index in [-0.39, 0.29) is 97.9 Å². The highest BCUT2D eigenvalue weighted by molar-refractivity contribution is 7.92. The number of amides is 8. The number of nitrogens with zero attached hydrogens (tertiary/aromatic N) is 2. The van der Waals surface area contributed by atoms with Gasteiger partial charge in [0, 0.05) is 78.0 Å². The predicted octanol–water partition coefficient (Wildman–Crippen LogP) is 11.1. The van der Waals surface area contributed by atoms with Crippen LogP contribution in [0.3, 0.4) is 0 Å². The molecule has 10 aliphatic rings. The number of methoxy groups -OCH3 is 3. The number of allylic oxidation sites excluding steroid dienone is 6. The van der Waals surface area contributed by atoms with Crippen molar-refractivity contribution in [1.82, 2.24) is 45.2 Å². The summed E-state index contributed by atoms with van der Waals surface area (Å²) in [6.45, 7) is 41.8. The molecular weight excluding hydrogens is 1750 g/mol. The number of fused-ring (bicyclic) bond motifs is 2. The van der Waals surface area contributed by atoms with Gasteiger partial charge in [-0.15, -0.1) is 26.3 Å². The number of nitrogens with one attached hydrogen (secondary N) is 7. The average molecular weight is 1900 g/mol. The molecule has 0 bridgehead atoms. The second-order valence-electron chi connectivity index (χ2n) is 41.5. The van der Waals surface area contributed by atoms with Gasteiger partial charge >= 0.3 is 24.2 Å². The Bertz CT molecular complexity index is 4560. The first-order chi connectivity index (χ1) is 60.8. The summed E-state index contributed by atoms with van der Waals surface area (Å²) in [4.78, 5) is 160. The molecule has 3 unspecified atom stereocenters. The Hall–Kier alpha value is -7.97. The third-order valence-electron chi connectivity index (χ3n) is 27.5. The number of carboxylic acid groups (broad SMARTS) is 1. The van der Waals surface area contributed by atoms with Crippen molar-refractivity contribution in [3.05, 3.63) is 62.8 Å². The van der Waals surface area contributed by atoms with E-state index in [4.69, 9.17) is 33.5 Å². The Morgan fingerprint density at radius 2 is 1.00 bits per heavy atom. The number of ketones is 3. The molecule has 9 fully saturated rings. The number of hydrogen-bond donors (Lipinski definition) is 8. The Labute approximate surface area is 776 Å². The first kappa shape index (κ1) is 110. The summed E-state index contributed by atoms with van der Waals surface area (Å²) < 4.78 is 113. The molecule has 4 heterocycles. The van der Waals surface area contributed by atoms with Gasteiger partial charge in [0.2, 0.25) is 59.6 Å². The molecule has 740 valence electrons. The van der Waals surface area contributed by atoms with Gasteiger partial charge in [0.15, 0.2) is 17.3 Å². The molecule has 18 atom stereocenters. The smallest absolute Gasteiger partial charge is 0.408 e. The number of rotatable bonds is 37. The number of ether oxygens (including phenoxy) is 6. The lowest BCUT2D eigenvalue weighted by atomic mass is 9.87. The molecule has 6 aliphatic carbocycles. The van der Waals surface area contributed by atoms with Crippen LogP contribution in [-0.4, -0.2) is 238 Å². The van der Waals surface area contributed by atoms with Crippen molar-refractivity contribution in [2.75, 3.05) is 41.0 Å². The van der Waals surface area contributed by atoms with E-state index < -0.39 is 179 Å². The molecule has 0 aromatic carbocycles. The van der Waals surface area contributed by atoms with Crippen molar-refractivity contribution in [2.45, 2.75) is 363 Å². The molecule has 34 nitrogen and oxygen atoms in total. The maximum absolute atomic E-state index is 14.1. The number of carbonyl (C=O) groups excluding carboxylic acids is 11. The zero-order valence-corrected chi connectivity index (χ0v) is 83.0. The summed E-state index contributed by atoms with van der Waals surface area (Å²) in [7, 11) is -6.85. The van der Waals surface area contributed by atoms with Gasteiger partial charge in [-0.1, -0.05) is 95.8 Å². The Morgan fingerprint density at radius 3 is 1.43 bits per heavy atom. The number of Topliss-reactive ketones (excluding diaryl/α,β-unsaturated/α-hetero) is 3. The van der Waals surface area contributed by atoms with Crippen LogP contribution in [0.1, 0.15) is 277 Å². The Balaban J connectivity index is 0.000000250. The van der Waals surface area contributed by atoms with Crippen molar-refractivity contribution in [1.29, 1.82) is 0 Å². The zero-order chi connectivity index (χ0) is 98.4. The maximum Gasteiger partial charge on any atom is 0.408 e.